The van der Waals surface area contributed by atoms with Gasteiger partial charge in [-0.3, -0.25) is 4.68 Å². The van der Waals surface area contributed by atoms with Gasteiger partial charge in [-0.25, -0.2) is 0 Å². The molecule has 0 aromatic carbocycles. The first-order valence-electron chi connectivity index (χ1n) is 3.27. The zero-order valence-corrected chi connectivity index (χ0v) is 6.01. The molecule has 0 aliphatic heterocycles. The first kappa shape index (κ1) is 7.59. The first-order valence-corrected chi connectivity index (χ1v) is 3.27. The number of hydrogen-bond acceptors (Lipinski definition) is 3. The molecule has 0 aliphatic carbocycles. The molecule has 0 saturated carbocycles. The van der Waals surface area contributed by atoms with E-state index in [4.69, 9.17) is 10.9 Å². The molecule has 0 bridgehead atoms. The Morgan fingerprint density at radius 2 is 2.55 bits per heavy atom. The first-order chi connectivity index (χ1) is 5.33. The highest BCUT2D eigenvalue weighted by atomic mass is 16.4. The Morgan fingerprint density at radius 3 is 3.09 bits per heavy atom. The van der Waals surface area contributed by atoms with Crippen molar-refractivity contribution in [3.05, 3.63) is 18.5 Å². The van der Waals surface area contributed by atoms with Gasteiger partial charge >= 0.3 is 0 Å². The van der Waals surface area contributed by atoms with Gasteiger partial charge in [-0.1, -0.05) is 5.16 Å². The van der Waals surface area contributed by atoms with E-state index in [9.17, 15) is 0 Å². The molecule has 0 spiro atoms. The summed E-state index contributed by atoms with van der Waals surface area (Å²) in [6.45, 7) is 0.642. The predicted octanol–water partition coefficient (Wildman–Crippen LogP) is 0.0196. The smallest absolute Gasteiger partial charge is 0.140 e. The van der Waals surface area contributed by atoms with E-state index >= 15 is 0 Å². The van der Waals surface area contributed by atoms with Gasteiger partial charge in [0.15, 0.2) is 0 Å². The second-order valence-corrected chi connectivity index (χ2v) is 2.11. The molecule has 0 fully saturated rings. The lowest BCUT2D eigenvalue weighted by atomic mass is 10.4. The third-order valence-electron chi connectivity index (χ3n) is 1.28. The summed E-state index contributed by atoms with van der Waals surface area (Å²) < 4.78 is 1.72. The number of hydrogen-bond donors (Lipinski definition) is 2. The van der Waals surface area contributed by atoms with Crippen molar-refractivity contribution in [1.82, 2.24) is 9.78 Å². The van der Waals surface area contributed by atoms with Gasteiger partial charge in [-0.2, -0.15) is 5.10 Å². The SMILES string of the molecule is N/C(CCn1cccn1)=N/O. The van der Waals surface area contributed by atoms with E-state index in [-0.39, 0.29) is 5.84 Å². The molecule has 0 saturated heterocycles. The lowest BCUT2D eigenvalue weighted by Gasteiger charge is -1.98. The molecular weight excluding hydrogens is 144 g/mol. The predicted molar refractivity (Wildman–Crippen MR) is 40.3 cm³/mol. The monoisotopic (exact) mass is 154 g/mol. The molecule has 0 amide bonds. The van der Waals surface area contributed by atoms with Gasteiger partial charge in [0.25, 0.3) is 0 Å². The van der Waals surface area contributed by atoms with Crippen LogP contribution in [0.25, 0.3) is 0 Å². The van der Waals surface area contributed by atoms with E-state index in [1.165, 1.54) is 0 Å². The maximum absolute atomic E-state index is 8.20. The molecule has 1 rings (SSSR count). The fraction of sp³-hybridized carbons (Fsp3) is 0.333. The van der Waals surface area contributed by atoms with Gasteiger partial charge < -0.3 is 10.9 Å². The highest BCUT2D eigenvalue weighted by Crippen LogP contribution is 1.88. The Morgan fingerprint density at radius 1 is 1.73 bits per heavy atom. The van der Waals surface area contributed by atoms with Crippen LogP contribution in [0.3, 0.4) is 0 Å². The van der Waals surface area contributed by atoms with Crippen LogP contribution in [-0.2, 0) is 6.54 Å². The number of nitrogens with zero attached hydrogens (tertiary/aromatic N) is 3. The quantitative estimate of drug-likeness (QED) is 0.279. The van der Waals surface area contributed by atoms with Crippen LogP contribution < -0.4 is 5.73 Å². The van der Waals surface area contributed by atoms with Crippen molar-refractivity contribution in [3.8, 4) is 0 Å². The maximum Gasteiger partial charge on any atom is 0.140 e. The van der Waals surface area contributed by atoms with E-state index in [0.717, 1.165) is 0 Å². The van der Waals surface area contributed by atoms with Gasteiger partial charge in [0, 0.05) is 25.4 Å². The summed E-state index contributed by atoms with van der Waals surface area (Å²) in [5.41, 5.74) is 5.25. The van der Waals surface area contributed by atoms with E-state index in [1.54, 1.807) is 10.9 Å². The van der Waals surface area contributed by atoms with Crippen molar-refractivity contribution in [3.63, 3.8) is 0 Å². The summed E-state index contributed by atoms with van der Waals surface area (Å²) in [6, 6.07) is 1.83. The van der Waals surface area contributed by atoms with Crippen molar-refractivity contribution in [1.29, 1.82) is 0 Å². The maximum atomic E-state index is 8.20. The molecule has 0 unspecified atom stereocenters. The molecule has 5 heteroatoms. The lowest BCUT2D eigenvalue weighted by molar-refractivity contribution is 0.316. The summed E-state index contributed by atoms with van der Waals surface area (Å²) in [7, 11) is 0. The number of amidine groups is 1. The molecule has 60 valence electrons. The Hall–Kier alpha value is -1.52. The van der Waals surface area contributed by atoms with Crippen LogP contribution in [0.1, 0.15) is 6.42 Å². The highest BCUT2D eigenvalue weighted by molar-refractivity contribution is 5.79. The summed E-state index contributed by atoms with van der Waals surface area (Å²) >= 11 is 0. The number of nitrogens with two attached hydrogens (primary N) is 1. The number of aromatic nitrogens is 2. The van der Waals surface area contributed by atoms with Crippen LogP contribution >= 0.6 is 0 Å². The zero-order valence-electron chi connectivity index (χ0n) is 6.01. The van der Waals surface area contributed by atoms with Crippen LogP contribution in [0.15, 0.2) is 23.6 Å². The molecule has 0 aliphatic rings. The number of aryl methyl sites for hydroxylation is 1. The van der Waals surface area contributed by atoms with E-state index < -0.39 is 0 Å². The van der Waals surface area contributed by atoms with Crippen LogP contribution in [0, 0.1) is 0 Å². The molecule has 11 heavy (non-hydrogen) atoms. The highest BCUT2D eigenvalue weighted by Gasteiger charge is 1.93. The summed E-state index contributed by atoms with van der Waals surface area (Å²) in [5, 5.41) is 15.0. The van der Waals surface area contributed by atoms with Crippen LogP contribution in [0.4, 0.5) is 0 Å². The van der Waals surface area contributed by atoms with E-state index in [2.05, 4.69) is 10.3 Å². The zero-order chi connectivity index (χ0) is 8.10. The second kappa shape index (κ2) is 3.60. The van der Waals surface area contributed by atoms with E-state index in [1.807, 2.05) is 12.3 Å². The van der Waals surface area contributed by atoms with Crippen molar-refractivity contribution in [2.24, 2.45) is 10.9 Å². The molecule has 1 aromatic rings. The van der Waals surface area contributed by atoms with Gasteiger partial charge in [0.05, 0.1) is 0 Å². The molecular formula is C6H10N4O. The Bertz CT molecular complexity index is 229. The average molecular weight is 154 g/mol. The minimum absolute atomic E-state index is 0.223. The van der Waals surface area contributed by atoms with Crippen molar-refractivity contribution < 1.29 is 5.21 Å². The fourth-order valence-electron chi connectivity index (χ4n) is 0.712. The largest absolute Gasteiger partial charge is 0.409 e. The number of rotatable bonds is 3. The lowest BCUT2D eigenvalue weighted by Crippen LogP contribution is -2.14. The van der Waals surface area contributed by atoms with Crippen LogP contribution in [0.2, 0.25) is 0 Å². The molecule has 0 radical (unpaired) electrons. The van der Waals surface area contributed by atoms with Crippen molar-refractivity contribution in [2.75, 3.05) is 0 Å². The van der Waals surface area contributed by atoms with E-state index in [0.29, 0.717) is 13.0 Å². The van der Waals surface area contributed by atoms with Gasteiger partial charge in [-0.15, -0.1) is 0 Å². The summed E-state index contributed by atoms with van der Waals surface area (Å²) in [5.74, 6) is 0.223. The topological polar surface area (TPSA) is 76.4 Å². The van der Waals surface area contributed by atoms with Gasteiger partial charge in [-0.05, 0) is 6.07 Å². The molecule has 0 atom stereocenters. The fourth-order valence-corrected chi connectivity index (χ4v) is 0.712. The second-order valence-electron chi connectivity index (χ2n) is 2.11. The van der Waals surface area contributed by atoms with Crippen LogP contribution in [-0.4, -0.2) is 20.8 Å². The Balaban J connectivity index is 2.35. The molecule has 1 aromatic heterocycles. The Labute approximate surface area is 64.1 Å². The minimum atomic E-state index is 0.223. The standard InChI is InChI=1S/C6H10N4O/c7-6(9-11)2-5-10-4-1-3-8-10/h1,3-4,11H,2,5H2,(H2,7,9). The molecule has 3 N–H and O–H groups in total. The summed E-state index contributed by atoms with van der Waals surface area (Å²) in [6.07, 6.45) is 4.02. The van der Waals surface area contributed by atoms with Crippen molar-refractivity contribution in [2.45, 2.75) is 13.0 Å². The van der Waals surface area contributed by atoms with Crippen molar-refractivity contribution >= 4 is 5.84 Å². The summed E-state index contributed by atoms with van der Waals surface area (Å²) in [4.78, 5) is 0. The Kier molecular flexibility index (Phi) is 2.48. The third-order valence-corrected chi connectivity index (χ3v) is 1.28. The average Bonchev–Trinajstić information content (AvgIpc) is 2.52. The minimum Gasteiger partial charge on any atom is -0.409 e. The van der Waals surface area contributed by atoms with Gasteiger partial charge in [0.2, 0.25) is 0 Å². The van der Waals surface area contributed by atoms with Gasteiger partial charge in [0.1, 0.15) is 5.84 Å². The molecule has 1 heterocycles. The number of oxime groups is 1. The van der Waals surface area contributed by atoms with Crippen LogP contribution in [0.5, 0.6) is 0 Å². The normalized spacial score (nSPS) is 11.8. The molecule has 5 nitrogen and oxygen atoms in total. The third kappa shape index (κ3) is 2.29.